The van der Waals surface area contributed by atoms with Crippen LogP contribution in [0.3, 0.4) is 0 Å². The predicted molar refractivity (Wildman–Crippen MR) is 121 cm³/mol. The fourth-order valence-corrected chi connectivity index (χ4v) is 4.73. The summed E-state index contributed by atoms with van der Waals surface area (Å²) < 4.78 is 1.43. The molecule has 1 N–H and O–H groups in total. The number of thioether (sulfide) groups is 1. The van der Waals surface area contributed by atoms with Crippen LogP contribution in [-0.2, 0) is 0 Å². The van der Waals surface area contributed by atoms with E-state index in [2.05, 4.69) is 17.5 Å². The van der Waals surface area contributed by atoms with Gasteiger partial charge in [0, 0.05) is 11.8 Å². The summed E-state index contributed by atoms with van der Waals surface area (Å²) in [5.74, 6) is -0.0211. The van der Waals surface area contributed by atoms with E-state index < -0.39 is 0 Å². The lowest BCUT2D eigenvalue weighted by molar-refractivity contribution is 0.340. The van der Waals surface area contributed by atoms with Crippen LogP contribution in [0.1, 0.15) is 13.8 Å². The highest BCUT2D eigenvalue weighted by atomic mass is 32.2. The quantitative estimate of drug-likeness (QED) is 0.331. The standard InChI is InChI=1S/C22H24N2O2S2/c1-3-23(4-2)22(27)28-20-19(25)15-18(16-11-7-5-8-12-16)24(21(20)26)17-13-9-6-10-14-17/h5-15,22,25,27H,3-4H2,1-2H3/t22-/m0/s1. The minimum absolute atomic E-state index is 0.0211. The van der Waals surface area contributed by atoms with E-state index in [1.165, 1.54) is 11.8 Å². The fourth-order valence-electron chi connectivity index (χ4n) is 3.06. The monoisotopic (exact) mass is 412 g/mol. The summed E-state index contributed by atoms with van der Waals surface area (Å²) in [6.07, 6.45) is 0. The van der Waals surface area contributed by atoms with Gasteiger partial charge in [-0.05, 0) is 30.8 Å². The molecule has 0 spiro atoms. The summed E-state index contributed by atoms with van der Waals surface area (Å²) in [6.45, 7) is 5.72. The molecular formula is C22H24N2O2S2. The van der Waals surface area contributed by atoms with Crippen molar-refractivity contribution in [3.63, 3.8) is 0 Å². The number of hydrogen-bond acceptors (Lipinski definition) is 5. The molecule has 0 bridgehead atoms. The van der Waals surface area contributed by atoms with Crippen molar-refractivity contribution >= 4 is 24.4 Å². The molecule has 146 valence electrons. The molecule has 0 aliphatic heterocycles. The Kier molecular flexibility index (Phi) is 6.88. The van der Waals surface area contributed by atoms with Crippen LogP contribution in [0.4, 0.5) is 0 Å². The Morgan fingerprint density at radius 3 is 2.18 bits per heavy atom. The van der Waals surface area contributed by atoms with Crippen LogP contribution >= 0.6 is 24.4 Å². The van der Waals surface area contributed by atoms with Crippen molar-refractivity contribution in [1.29, 1.82) is 0 Å². The Labute approximate surface area is 175 Å². The van der Waals surface area contributed by atoms with Crippen molar-refractivity contribution in [3.05, 3.63) is 77.1 Å². The average molecular weight is 413 g/mol. The van der Waals surface area contributed by atoms with Gasteiger partial charge >= 0.3 is 0 Å². The summed E-state index contributed by atoms with van der Waals surface area (Å²) in [5.41, 5.74) is 2.02. The van der Waals surface area contributed by atoms with Crippen molar-refractivity contribution in [2.75, 3.05) is 13.1 Å². The number of para-hydroxylation sites is 1. The van der Waals surface area contributed by atoms with Gasteiger partial charge in [-0.3, -0.25) is 14.3 Å². The fraction of sp³-hybridized carbons (Fsp3) is 0.227. The van der Waals surface area contributed by atoms with Crippen LogP contribution in [0, 0.1) is 0 Å². The molecule has 1 atom stereocenters. The van der Waals surface area contributed by atoms with Gasteiger partial charge in [-0.1, -0.05) is 74.1 Å². The van der Waals surface area contributed by atoms with Crippen LogP contribution in [0.5, 0.6) is 5.75 Å². The summed E-state index contributed by atoms with van der Waals surface area (Å²) in [5, 5.41) is 10.7. The third kappa shape index (κ3) is 4.29. The van der Waals surface area contributed by atoms with E-state index in [9.17, 15) is 9.90 Å². The molecule has 0 fully saturated rings. The smallest absolute Gasteiger partial charge is 0.273 e. The second-order valence-corrected chi connectivity index (χ2v) is 8.18. The summed E-state index contributed by atoms with van der Waals surface area (Å²) in [4.78, 5) is 15.9. The SMILES string of the molecule is CCN(CC)[C@@H](S)Sc1c(O)cc(-c2ccccc2)n(-c2ccccc2)c1=O. The molecule has 0 unspecified atom stereocenters. The van der Waals surface area contributed by atoms with Crippen molar-refractivity contribution < 1.29 is 5.11 Å². The zero-order valence-corrected chi connectivity index (χ0v) is 17.7. The maximum absolute atomic E-state index is 13.4. The maximum atomic E-state index is 13.4. The molecule has 0 radical (unpaired) electrons. The van der Waals surface area contributed by atoms with Gasteiger partial charge in [0.05, 0.1) is 5.69 Å². The lowest BCUT2D eigenvalue weighted by Gasteiger charge is -2.25. The van der Waals surface area contributed by atoms with E-state index in [0.29, 0.717) is 10.6 Å². The highest BCUT2D eigenvalue weighted by Crippen LogP contribution is 2.35. The highest BCUT2D eigenvalue weighted by Gasteiger charge is 2.21. The molecule has 3 rings (SSSR count). The first-order chi connectivity index (χ1) is 13.6. The number of aromatic nitrogens is 1. The Bertz CT molecular complexity index is 971. The number of pyridine rings is 1. The van der Waals surface area contributed by atoms with Crippen LogP contribution in [0.2, 0.25) is 0 Å². The van der Waals surface area contributed by atoms with Crippen molar-refractivity contribution in [2.45, 2.75) is 23.4 Å². The predicted octanol–water partition coefficient (Wildman–Crippen LogP) is 4.86. The minimum atomic E-state index is -0.249. The first kappa shape index (κ1) is 20.6. The van der Waals surface area contributed by atoms with Gasteiger partial charge < -0.3 is 5.11 Å². The van der Waals surface area contributed by atoms with E-state index in [0.717, 1.165) is 24.3 Å². The first-order valence-corrected chi connectivity index (χ1v) is 10.6. The van der Waals surface area contributed by atoms with Gasteiger partial charge in [0.25, 0.3) is 5.56 Å². The molecule has 28 heavy (non-hydrogen) atoms. The van der Waals surface area contributed by atoms with Crippen LogP contribution < -0.4 is 5.56 Å². The Hall–Kier alpha value is -2.15. The van der Waals surface area contributed by atoms with Gasteiger partial charge in [0.2, 0.25) is 0 Å². The molecule has 0 aliphatic carbocycles. The largest absolute Gasteiger partial charge is 0.506 e. The van der Waals surface area contributed by atoms with Crippen molar-refractivity contribution in [2.24, 2.45) is 0 Å². The minimum Gasteiger partial charge on any atom is -0.506 e. The normalized spacial score (nSPS) is 12.3. The Morgan fingerprint density at radius 1 is 1.04 bits per heavy atom. The third-order valence-electron chi connectivity index (χ3n) is 4.58. The number of hydrogen-bond donors (Lipinski definition) is 2. The zero-order valence-electron chi connectivity index (χ0n) is 15.9. The van der Waals surface area contributed by atoms with Crippen LogP contribution in [-0.4, -0.2) is 32.4 Å². The number of aromatic hydroxyl groups is 1. The molecule has 1 aromatic heterocycles. The zero-order chi connectivity index (χ0) is 20.1. The lowest BCUT2D eigenvalue weighted by Crippen LogP contribution is -2.30. The molecule has 4 nitrogen and oxygen atoms in total. The second kappa shape index (κ2) is 9.37. The second-order valence-electron chi connectivity index (χ2n) is 6.25. The molecule has 0 aliphatic rings. The molecule has 0 saturated carbocycles. The molecule has 3 aromatic rings. The molecule has 0 saturated heterocycles. The molecule has 2 aromatic carbocycles. The third-order valence-corrected chi connectivity index (χ3v) is 6.35. The summed E-state index contributed by atoms with van der Waals surface area (Å²) in [6, 6.07) is 20.8. The number of nitrogens with zero attached hydrogens (tertiary/aromatic N) is 2. The van der Waals surface area contributed by atoms with Gasteiger partial charge in [-0.25, -0.2) is 0 Å². The Balaban J connectivity index is 2.18. The average Bonchev–Trinajstić information content (AvgIpc) is 2.73. The van der Waals surface area contributed by atoms with Gasteiger partial charge in [-0.15, -0.1) is 12.6 Å². The highest BCUT2D eigenvalue weighted by molar-refractivity contribution is 8.10. The lowest BCUT2D eigenvalue weighted by atomic mass is 10.1. The van der Waals surface area contributed by atoms with Crippen LogP contribution in [0.25, 0.3) is 16.9 Å². The molecule has 6 heteroatoms. The molecule has 1 heterocycles. The van der Waals surface area contributed by atoms with E-state index >= 15 is 0 Å². The van der Waals surface area contributed by atoms with Crippen molar-refractivity contribution in [1.82, 2.24) is 9.47 Å². The number of thiol groups is 1. The first-order valence-electron chi connectivity index (χ1n) is 9.25. The van der Waals surface area contributed by atoms with E-state index in [4.69, 9.17) is 0 Å². The molecule has 0 amide bonds. The number of benzene rings is 2. The summed E-state index contributed by atoms with van der Waals surface area (Å²) in [7, 11) is 0. The number of rotatable bonds is 7. The molecular weight excluding hydrogens is 388 g/mol. The Morgan fingerprint density at radius 2 is 1.61 bits per heavy atom. The van der Waals surface area contributed by atoms with E-state index in [-0.39, 0.29) is 16.0 Å². The van der Waals surface area contributed by atoms with Gasteiger partial charge in [-0.2, -0.15) is 0 Å². The van der Waals surface area contributed by atoms with Gasteiger partial charge in [0.1, 0.15) is 15.4 Å². The van der Waals surface area contributed by atoms with Crippen molar-refractivity contribution in [3.8, 4) is 22.7 Å². The summed E-state index contributed by atoms with van der Waals surface area (Å²) >= 11 is 5.91. The maximum Gasteiger partial charge on any atom is 0.273 e. The van der Waals surface area contributed by atoms with E-state index in [1.54, 1.807) is 10.6 Å². The van der Waals surface area contributed by atoms with Crippen LogP contribution in [0.15, 0.2) is 76.4 Å². The van der Waals surface area contributed by atoms with Gasteiger partial charge in [0.15, 0.2) is 0 Å². The topological polar surface area (TPSA) is 45.5 Å². The van der Waals surface area contributed by atoms with E-state index in [1.807, 2.05) is 74.5 Å².